The lowest BCUT2D eigenvalue weighted by molar-refractivity contribution is 0.563. The first-order valence-corrected chi connectivity index (χ1v) is 4.73. The van der Waals surface area contributed by atoms with Crippen molar-refractivity contribution >= 4 is 27.5 Å². The lowest BCUT2D eigenvalue weighted by Crippen LogP contribution is -1.69. The second kappa shape index (κ2) is 3.52. The molecule has 2 rings (SSSR count). The van der Waals surface area contributed by atoms with E-state index >= 15 is 0 Å². The third-order valence-corrected chi connectivity index (χ3v) is 2.88. The van der Waals surface area contributed by atoms with Gasteiger partial charge < -0.3 is 0 Å². The molecule has 64 valence electrons. The van der Waals surface area contributed by atoms with Crippen molar-refractivity contribution in [3.8, 4) is 0 Å². The lowest BCUT2D eigenvalue weighted by Gasteiger charge is -1.82. The smallest absolute Gasteiger partial charge is 0.211 e. The molecular weight excluding hydrogens is 182 g/mol. The number of carbonyl (C=O) groups excluding carboxylic acids is 1. The number of isocyanates is 1. The Bertz CT molecular complexity index is 435. The summed E-state index contributed by atoms with van der Waals surface area (Å²) in [7, 11) is 0. The van der Waals surface area contributed by atoms with Gasteiger partial charge in [-0.05, 0) is 17.5 Å². The topological polar surface area (TPSA) is 29.4 Å². The predicted octanol–water partition coefficient (Wildman–Crippen LogP) is 2.74. The molecule has 1 heterocycles. The molecule has 0 saturated carbocycles. The van der Waals surface area contributed by atoms with Gasteiger partial charge in [0.25, 0.3) is 0 Å². The Morgan fingerprint density at radius 3 is 3.00 bits per heavy atom. The first kappa shape index (κ1) is 8.17. The molecule has 2 nitrogen and oxygen atoms in total. The molecule has 0 saturated heterocycles. The number of benzene rings is 1. The molecule has 0 N–H and O–H groups in total. The van der Waals surface area contributed by atoms with Gasteiger partial charge in [-0.1, -0.05) is 18.2 Å². The van der Waals surface area contributed by atoms with Crippen molar-refractivity contribution in [3.05, 3.63) is 35.2 Å². The molecule has 0 unspecified atom stereocenters. The van der Waals surface area contributed by atoms with Gasteiger partial charge >= 0.3 is 0 Å². The maximum atomic E-state index is 9.91. The molecule has 13 heavy (non-hydrogen) atoms. The highest BCUT2D eigenvalue weighted by Crippen LogP contribution is 2.25. The summed E-state index contributed by atoms with van der Waals surface area (Å²) in [6, 6.07) is 10.2. The average Bonchev–Trinajstić information content (AvgIpc) is 2.57. The Labute approximate surface area is 79.5 Å². The second-order valence-electron chi connectivity index (χ2n) is 2.66. The molecule has 0 atom stereocenters. The van der Waals surface area contributed by atoms with Crippen molar-refractivity contribution < 1.29 is 4.79 Å². The van der Waals surface area contributed by atoms with E-state index in [1.807, 2.05) is 12.1 Å². The maximum absolute atomic E-state index is 9.91. The minimum atomic E-state index is 0.447. The molecule has 3 heteroatoms. The fourth-order valence-electron chi connectivity index (χ4n) is 1.22. The number of hydrogen-bond acceptors (Lipinski definition) is 3. The molecule has 1 aromatic heterocycles. The number of nitrogens with zero attached hydrogens (tertiary/aromatic N) is 1. The fourth-order valence-corrected chi connectivity index (χ4v) is 2.21. The van der Waals surface area contributed by atoms with Crippen LogP contribution in [0, 0.1) is 0 Å². The standard InChI is InChI=1S/C10H7NOS/c12-7-11-6-9-5-8-3-1-2-4-10(8)13-9/h1-5H,6H2. The van der Waals surface area contributed by atoms with E-state index in [-0.39, 0.29) is 0 Å². The van der Waals surface area contributed by atoms with Gasteiger partial charge in [0.05, 0.1) is 6.54 Å². The van der Waals surface area contributed by atoms with Crippen LogP contribution in [0.5, 0.6) is 0 Å². The maximum Gasteiger partial charge on any atom is 0.235 e. The predicted molar refractivity (Wildman–Crippen MR) is 53.7 cm³/mol. The van der Waals surface area contributed by atoms with E-state index in [4.69, 9.17) is 0 Å². The molecule has 0 bridgehead atoms. The van der Waals surface area contributed by atoms with Crippen LogP contribution >= 0.6 is 11.3 Å². The van der Waals surface area contributed by atoms with Gasteiger partial charge in [-0.2, -0.15) is 0 Å². The summed E-state index contributed by atoms with van der Waals surface area (Å²) in [4.78, 5) is 14.5. The lowest BCUT2D eigenvalue weighted by atomic mass is 10.2. The van der Waals surface area contributed by atoms with Gasteiger partial charge in [-0.15, -0.1) is 11.3 Å². The molecule has 0 spiro atoms. The molecule has 0 fully saturated rings. The molecule has 0 aliphatic carbocycles. The van der Waals surface area contributed by atoms with Gasteiger partial charge in [0.15, 0.2) is 0 Å². The Morgan fingerprint density at radius 1 is 1.38 bits per heavy atom. The highest BCUT2D eigenvalue weighted by Gasteiger charge is 1.98. The number of rotatable bonds is 2. The Morgan fingerprint density at radius 2 is 2.23 bits per heavy atom. The van der Waals surface area contributed by atoms with Crippen LogP contribution < -0.4 is 0 Å². The number of thiophene rings is 1. The monoisotopic (exact) mass is 189 g/mol. The average molecular weight is 189 g/mol. The number of hydrogen-bond donors (Lipinski definition) is 0. The molecular formula is C10H7NOS. The SMILES string of the molecule is O=C=NCc1cc2ccccc2s1. The zero-order valence-corrected chi connectivity index (χ0v) is 7.67. The fraction of sp³-hybridized carbons (Fsp3) is 0.100. The zero-order valence-electron chi connectivity index (χ0n) is 6.86. The van der Waals surface area contributed by atoms with E-state index in [1.165, 1.54) is 10.1 Å². The van der Waals surface area contributed by atoms with Gasteiger partial charge in [0.2, 0.25) is 6.08 Å². The molecule has 1 aromatic carbocycles. The van der Waals surface area contributed by atoms with Gasteiger partial charge in [0, 0.05) is 9.58 Å². The zero-order chi connectivity index (χ0) is 9.10. The minimum absolute atomic E-state index is 0.447. The second-order valence-corrected chi connectivity index (χ2v) is 3.83. The summed E-state index contributed by atoms with van der Waals surface area (Å²) in [5.41, 5.74) is 0. The van der Waals surface area contributed by atoms with Gasteiger partial charge in [-0.25, -0.2) is 9.79 Å². The highest BCUT2D eigenvalue weighted by molar-refractivity contribution is 7.19. The quantitative estimate of drug-likeness (QED) is 0.527. The highest BCUT2D eigenvalue weighted by atomic mass is 32.1. The van der Waals surface area contributed by atoms with Crippen molar-refractivity contribution in [2.45, 2.75) is 6.54 Å². The summed E-state index contributed by atoms with van der Waals surface area (Å²) in [5.74, 6) is 0. The van der Waals surface area contributed by atoms with Crippen LogP contribution in [0.15, 0.2) is 35.3 Å². The van der Waals surface area contributed by atoms with E-state index in [2.05, 4.69) is 23.2 Å². The van der Waals surface area contributed by atoms with Crippen molar-refractivity contribution in [2.24, 2.45) is 4.99 Å². The summed E-state index contributed by atoms with van der Waals surface area (Å²) in [6.07, 6.45) is 1.54. The van der Waals surface area contributed by atoms with Gasteiger partial charge in [0.1, 0.15) is 0 Å². The first-order chi connectivity index (χ1) is 6.40. The normalized spacial score (nSPS) is 9.85. The summed E-state index contributed by atoms with van der Waals surface area (Å²) < 4.78 is 1.23. The van der Waals surface area contributed by atoms with Crippen LogP contribution in [0.4, 0.5) is 0 Å². The van der Waals surface area contributed by atoms with E-state index in [0.717, 1.165) is 4.88 Å². The van der Waals surface area contributed by atoms with E-state index in [1.54, 1.807) is 17.4 Å². The van der Waals surface area contributed by atoms with Crippen LogP contribution in [0.1, 0.15) is 4.88 Å². The number of fused-ring (bicyclic) bond motifs is 1. The first-order valence-electron chi connectivity index (χ1n) is 3.91. The van der Waals surface area contributed by atoms with E-state index in [0.29, 0.717) is 6.54 Å². The van der Waals surface area contributed by atoms with E-state index in [9.17, 15) is 4.79 Å². The largest absolute Gasteiger partial charge is 0.235 e. The third-order valence-electron chi connectivity index (χ3n) is 1.78. The van der Waals surface area contributed by atoms with E-state index < -0.39 is 0 Å². The molecule has 0 radical (unpaired) electrons. The van der Waals surface area contributed by atoms with Crippen LogP contribution in [0.2, 0.25) is 0 Å². The minimum Gasteiger partial charge on any atom is -0.211 e. The van der Waals surface area contributed by atoms with Crippen molar-refractivity contribution in [3.63, 3.8) is 0 Å². The molecule has 2 aromatic rings. The molecule has 0 amide bonds. The Kier molecular flexibility index (Phi) is 2.21. The summed E-state index contributed by atoms with van der Waals surface area (Å²) in [5, 5.41) is 1.21. The van der Waals surface area contributed by atoms with Crippen molar-refractivity contribution in [1.29, 1.82) is 0 Å². The van der Waals surface area contributed by atoms with Crippen LogP contribution in [0.25, 0.3) is 10.1 Å². The van der Waals surface area contributed by atoms with Crippen LogP contribution in [-0.4, -0.2) is 6.08 Å². The Hall–Kier alpha value is -1.44. The van der Waals surface area contributed by atoms with Crippen LogP contribution in [-0.2, 0) is 11.3 Å². The van der Waals surface area contributed by atoms with Crippen molar-refractivity contribution in [2.75, 3.05) is 0 Å². The molecule has 0 aliphatic rings. The Balaban J connectivity index is 2.43. The molecule has 0 aliphatic heterocycles. The van der Waals surface area contributed by atoms with Crippen LogP contribution in [0.3, 0.4) is 0 Å². The van der Waals surface area contributed by atoms with Crippen molar-refractivity contribution in [1.82, 2.24) is 0 Å². The summed E-state index contributed by atoms with van der Waals surface area (Å²) in [6.45, 7) is 0.447. The third kappa shape index (κ3) is 1.66. The number of aliphatic imine (C=N–C) groups is 1. The summed E-state index contributed by atoms with van der Waals surface area (Å²) >= 11 is 1.66. The van der Waals surface area contributed by atoms with Gasteiger partial charge in [-0.3, -0.25) is 0 Å².